The lowest BCUT2D eigenvalue weighted by Crippen LogP contribution is -2.45. The number of allylic oxidation sites excluding steroid dienone is 4. The smallest absolute Gasteiger partial charge is 0.305 e. The molecular weight excluding hydrogens is 959 g/mol. The molecule has 6 nitrogen and oxygen atoms in total. The number of unbranched alkanes of at least 4 members (excludes halogenated alkanes) is 52. The number of aliphatic hydroxyl groups is 2. The van der Waals surface area contributed by atoms with Crippen LogP contribution in [0.1, 0.15) is 399 Å². The first-order chi connectivity index (χ1) is 38.5. The Balaban J connectivity index is 3.27. The third-order valence-electron chi connectivity index (χ3n) is 16.8. The van der Waals surface area contributed by atoms with Crippen LogP contribution in [0.15, 0.2) is 24.3 Å². The molecule has 0 heterocycles. The number of rotatable bonds is 67. The highest BCUT2D eigenvalue weighted by atomic mass is 16.5. The van der Waals surface area contributed by atoms with E-state index in [0.717, 1.165) is 51.4 Å². The number of hydrogen-bond donors (Lipinski definition) is 3. The van der Waals surface area contributed by atoms with E-state index in [4.69, 9.17) is 4.74 Å². The van der Waals surface area contributed by atoms with E-state index in [1.54, 1.807) is 0 Å². The van der Waals surface area contributed by atoms with Gasteiger partial charge < -0.3 is 20.3 Å². The molecule has 462 valence electrons. The normalized spacial score (nSPS) is 12.6. The van der Waals surface area contributed by atoms with Gasteiger partial charge in [-0.05, 0) is 57.8 Å². The summed E-state index contributed by atoms with van der Waals surface area (Å²) in [6, 6.07) is -0.534. The SMILES string of the molecule is CCCCC/C=C\C/C=C\CCCCCCCC(=O)OCCCCCCCCCCCCCCCCCCCCCCCCCCCCCCCCCCCCCCCC(=O)NC(CO)C(O)CCCCCCCCCCC. The molecule has 2 atom stereocenters. The Kier molecular flexibility index (Phi) is 66.4. The van der Waals surface area contributed by atoms with Crippen LogP contribution in [0, 0.1) is 0 Å². The summed E-state index contributed by atoms with van der Waals surface area (Å²) in [5.74, 6) is -0.0201. The van der Waals surface area contributed by atoms with E-state index in [9.17, 15) is 19.8 Å². The zero-order chi connectivity index (χ0) is 56.4. The zero-order valence-electron chi connectivity index (χ0n) is 52.9. The van der Waals surface area contributed by atoms with E-state index < -0.39 is 12.1 Å². The van der Waals surface area contributed by atoms with Crippen LogP contribution in [-0.4, -0.2) is 47.4 Å². The monoisotopic (exact) mass is 1100 g/mol. The summed E-state index contributed by atoms with van der Waals surface area (Å²) in [4.78, 5) is 24.5. The summed E-state index contributed by atoms with van der Waals surface area (Å²) in [5.41, 5.74) is 0. The largest absolute Gasteiger partial charge is 0.466 e. The van der Waals surface area contributed by atoms with Crippen LogP contribution < -0.4 is 5.32 Å². The van der Waals surface area contributed by atoms with Crippen molar-refractivity contribution in [3.8, 4) is 0 Å². The van der Waals surface area contributed by atoms with Gasteiger partial charge in [0.25, 0.3) is 0 Å². The van der Waals surface area contributed by atoms with Gasteiger partial charge in [-0.2, -0.15) is 0 Å². The molecule has 2 unspecified atom stereocenters. The van der Waals surface area contributed by atoms with Gasteiger partial charge in [-0.1, -0.05) is 353 Å². The molecule has 0 aromatic heterocycles. The Morgan fingerprint density at radius 2 is 0.641 bits per heavy atom. The maximum atomic E-state index is 12.4. The number of amides is 1. The van der Waals surface area contributed by atoms with E-state index in [2.05, 4.69) is 43.5 Å². The van der Waals surface area contributed by atoms with Crippen molar-refractivity contribution >= 4 is 11.9 Å². The molecule has 6 heteroatoms. The quantitative estimate of drug-likeness (QED) is 0.0320. The lowest BCUT2D eigenvalue weighted by molar-refractivity contribution is -0.143. The molecule has 0 radical (unpaired) electrons. The maximum absolute atomic E-state index is 12.4. The predicted octanol–water partition coefficient (Wildman–Crippen LogP) is 22.9. The van der Waals surface area contributed by atoms with Gasteiger partial charge in [0.05, 0.1) is 25.4 Å². The van der Waals surface area contributed by atoms with Crippen molar-refractivity contribution in [3.05, 3.63) is 24.3 Å². The van der Waals surface area contributed by atoms with E-state index in [1.165, 1.54) is 315 Å². The number of esters is 1. The Morgan fingerprint density at radius 3 is 1.00 bits per heavy atom. The fraction of sp³-hybridized carbons (Fsp3) is 0.917. The summed E-state index contributed by atoms with van der Waals surface area (Å²) >= 11 is 0. The molecule has 0 rings (SSSR count). The molecule has 0 aromatic rings. The molecule has 0 aliphatic heterocycles. The highest BCUT2D eigenvalue weighted by Crippen LogP contribution is 2.19. The van der Waals surface area contributed by atoms with Crippen LogP contribution in [0.25, 0.3) is 0 Å². The molecule has 0 spiro atoms. The minimum absolute atomic E-state index is 0.00968. The van der Waals surface area contributed by atoms with Gasteiger partial charge in [0.2, 0.25) is 5.91 Å². The van der Waals surface area contributed by atoms with Gasteiger partial charge in [-0.3, -0.25) is 9.59 Å². The lowest BCUT2D eigenvalue weighted by Gasteiger charge is -2.22. The second-order valence-electron chi connectivity index (χ2n) is 24.6. The number of nitrogens with one attached hydrogen (secondary N) is 1. The van der Waals surface area contributed by atoms with Crippen molar-refractivity contribution in [2.75, 3.05) is 13.2 Å². The summed E-state index contributed by atoms with van der Waals surface area (Å²) in [7, 11) is 0. The van der Waals surface area contributed by atoms with Crippen LogP contribution in [0.2, 0.25) is 0 Å². The van der Waals surface area contributed by atoms with Gasteiger partial charge in [0, 0.05) is 12.8 Å². The number of hydrogen-bond acceptors (Lipinski definition) is 5. The number of ether oxygens (including phenoxy) is 1. The van der Waals surface area contributed by atoms with Gasteiger partial charge in [0.15, 0.2) is 0 Å². The van der Waals surface area contributed by atoms with E-state index in [0.29, 0.717) is 25.9 Å². The fourth-order valence-corrected chi connectivity index (χ4v) is 11.3. The fourth-order valence-electron chi connectivity index (χ4n) is 11.3. The Labute approximate surface area is 488 Å². The van der Waals surface area contributed by atoms with Crippen molar-refractivity contribution in [2.45, 2.75) is 411 Å². The van der Waals surface area contributed by atoms with Crippen LogP contribution in [0.5, 0.6) is 0 Å². The average molecular weight is 1100 g/mol. The predicted molar refractivity (Wildman–Crippen MR) is 343 cm³/mol. The Morgan fingerprint density at radius 1 is 0.359 bits per heavy atom. The molecule has 78 heavy (non-hydrogen) atoms. The number of carbonyl (C=O) groups excluding carboxylic acids is 2. The molecular formula is C72H139NO5. The standard InChI is InChI=1S/C72H139NO5/c1-3-5-7-9-11-13-14-15-39-43-46-50-54-58-62-66-72(77)78-67-63-59-55-51-47-44-41-38-36-34-32-30-28-26-24-22-20-18-16-17-19-21-23-25-27-29-31-33-35-37-40-42-45-49-53-57-61-65-71(76)73-69(68-74)70(75)64-60-56-52-48-12-10-8-6-4-2/h11,13,15,39,69-70,74-75H,3-10,12,14,16-38,40-68H2,1-2H3,(H,73,76)/b13-11-,39-15-. The molecule has 0 aromatic carbocycles. The van der Waals surface area contributed by atoms with Gasteiger partial charge >= 0.3 is 5.97 Å². The van der Waals surface area contributed by atoms with Crippen molar-refractivity contribution in [3.63, 3.8) is 0 Å². The van der Waals surface area contributed by atoms with Crippen molar-refractivity contribution in [1.29, 1.82) is 0 Å². The van der Waals surface area contributed by atoms with Gasteiger partial charge in [-0.15, -0.1) is 0 Å². The molecule has 3 N–H and O–H groups in total. The first-order valence-corrected chi connectivity index (χ1v) is 35.6. The Bertz CT molecular complexity index is 1220. The topological polar surface area (TPSA) is 95.9 Å². The van der Waals surface area contributed by atoms with Gasteiger partial charge in [-0.25, -0.2) is 0 Å². The first-order valence-electron chi connectivity index (χ1n) is 35.6. The van der Waals surface area contributed by atoms with Gasteiger partial charge in [0.1, 0.15) is 0 Å². The molecule has 1 amide bonds. The Hall–Kier alpha value is -1.66. The minimum Gasteiger partial charge on any atom is -0.466 e. The molecule has 0 bridgehead atoms. The molecule has 0 saturated carbocycles. The van der Waals surface area contributed by atoms with Crippen LogP contribution in [0.3, 0.4) is 0 Å². The zero-order valence-corrected chi connectivity index (χ0v) is 52.9. The average Bonchev–Trinajstić information content (AvgIpc) is 3.44. The second-order valence-corrected chi connectivity index (χ2v) is 24.6. The van der Waals surface area contributed by atoms with Crippen molar-refractivity contribution < 1.29 is 24.5 Å². The van der Waals surface area contributed by atoms with E-state index in [-0.39, 0.29) is 18.5 Å². The van der Waals surface area contributed by atoms with E-state index >= 15 is 0 Å². The maximum Gasteiger partial charge on any atom is 0.305 e. The van der Waals surface area contributed by atoms with E-state index in [1.807, 2.05) is 0 Å². The van der Waals surface area contributed by atoms with Crippen molar-refractivity contribution in [1.82, 2.24) is 5.32 Å². The van der Waals surface area contributed by atoms with Crippen LogP contribution in [-0.2, 0) is 14.3 Å². The summed E-state index contributed by atoms with van der Waals surface area (Å²) < 4.78 is 5.49. The first kappa shape index (κ1) is 76.3. The third-order valence-corrected chi connectivity index (χ3v) is 16.8. The summed E-state index contributed by atoms with van der Waals surface area (Å²) in [5, 5.41) is 23.1. The molecule has 0 aliphatic carbocycles. The highest BCUT2D eigenvalue weighted by molar-refractivity contribution is 5.76. The van der Waals surface area contributed by atoms with Crippen LogP contribution >= 0.6 is 0 Å². The van der Waals surface area contributed by atoms with Crippen LogP contribution in [0.4, 0.5) is 0 Å². The molecule has 0 aliphatic rings. The summed E-state index contributed by atoms with van der Waals surface area (Å²) in [6.45, 7) is 4.93. The molecule has 0 saturated heterocycles. The molecule has 0 fully saturated rings. The summed E-state index contributed by atoms with van der Waals surface area (Å²) in [6.07, 6.45) is 85.5. The third kappa shape index (κ3) is 63.5. The number of carbonyl (C=O) groups is 2. The van der Waals surface area contributed by atoms with Crippen molar-refractivity contribution in [2.24, 2.45) is 0 Å². The highest BCUT2D eigenvalue weighted by Gasteiger charge is 2.20. The minimum atomic E-state index is -0.657. The lowest BCUT2D eigenvalue weighted by atomic mass is 10.0. The second kappa shape index (κ2) is 67.8. The number of aliphatic hydroxyl groups excluding tert-OH is 2.